The molecule has 0 saturated heterocycles. The molecule has 0 unspecified atom stereocenters. The molecule has 0 aliphatic carbocycles. The topological polar surface area (TPSA) is 29.0 Å². The minimum absolute atomic E-state index is 0.739. The lowest BCUT2D eigenvalue weighted by Gasteiger charge is -2.20. The van der Waals surface area contributed by atoms with Gasteiger partial charge < -0.3 is 4.90 Å². The Balaban J connectivity index is 2.14. The van der Waals surface area contributed by atoms with Crippen LogP contribution in [0.15, 0.2) is 42.9 Å². The van der Waals surface area contributed by atoms with Gasteiger partial charge in [-0.25, -0.2) is 9.97 Å². The molecule has 2 aromatic rings. The highest BCUT2D eigenvalue weighted by atomic mass is 15.1. The Bertz CT molecular complexity index is 560. The SMILES string of the molecule is CCN(CC)c1ccc(C#Cc2ccncn2)cc1. The van der Waals surface area contributed by atoms with Crippen LogP contribution >= 0.6 is 0 Å². The van der Waals surface area contributed by atoms with Crippen molar-refractivity contribution < 1.29 is 0 Å². The maximum Gasteiger partial charge on any atom is 0.116 e. The number of nitrogens with zero attached hydrogens (tertiary/aromatic N) is 3. The van der Waals surface area contributed by atoms with Gasteiger partial charge in [-0.1, -0.05) is 5.92 Å². The second kappa shape index (κ2) is 6.55. The quantitative estimate of drug-likeness (QED) is 0.785. The molecule has 2 rings (SSSR count). The Morgan fingerprint density at radius 1 is 1.00 bits per heavy atom. The number of aromatic nitrogens is 2. The number of hydrogen-bond donors (Lipinski definition) is 0. The number of benzene rings is 1. The van der Waals surface area contributed by atoms with E-state index in [-0.39, 0.29) is 0 Å². The first kappa shape index (κ1) is 13.1. The fraction of sp³-hybridized carbons (Fsp3) is 0.250. The number of anilines is 1. The van der Waals surface area contributed by atoms with Crippen LogP contribution in [0.25, 0.3) is 0 Å². The van der Waals surface area contributed by atoms with Crippen LogP contribution in [0.1, 0.15) is 25.1 Å². The van der Waals surface area contributed by atoms with E-state index < -0.39 is 0 Å². The van der Waals surface area contributed by atoms with E-state index in [4.69, 9.17) is 0 Å². The highest BCUT2D eigenvalue weighted by Gasteiger charge is 1.99. The summed E-state index contributed by atoms with van der Waals surface area (Å²) in [6.07, 6.45) is 3.20. The monoisotopic (exact) mass is 251 g/mol. The van der Waals surface area contributed by atoms with Crippen LogP contribution in [0.2, 0.25) is 0 Å². The van der Waals surface area contributed by atoms with Gasteiger partial charge in [0.25, 0.3) is 0 Å². The van der Waals surface area contributed by atoms with Crippen molar-refractivity contribution in [2.24, 2.45) is 0 Å². The fourth-order valence-corrected chi connectivity index (χ4v) is 1.85. The van der Waals surface area contributed by atoms with Gasteiger partial charge in [0.05, 0.1) is 0 Å². The normalized spacial score (nSPS) is 9.58. The van der Waals surface area contributed by atoms with Gasteiger partial charge in [-0.2, -0.15) is 0 Å². The van der Waals surface area contributed by atoms with Gasteiger partial charge in [-0.15, -0.1) is 0 Å². The lowest BCUT2D eigenvalue weighted by molar-refractivity contribution is 0.866. The lowest BCUT2D eigenvalue weighted by atomic mass is 10.2. The molecule has 1 aromatic heterocycles. The average molecular weight is 251 g/mol. The van der Waals surface area contributed by atoms with Crippen molar-refractivity contribution in [2.75, 3.05) is 18.0 Å². The molecular formula is C16H17N3. The molecule has 0 bridgehead atoms. The Morgan fingerprint density at radius 2 is 1.74 bits per heavy atom. The first-order chi connectivity index (χ1) is 9.33. The summed E-state index contributed by atoms with van der Waals surface area (Å²) in [4.78, 5) is 10.2. The van der Waals surface area contributed by atoms with E-state index in [1.54, 1.807) is 12.3 Å². The van der Waals surface area contributed by atoms with Crippen LogP contribution < -0.4 is 4.90 Å². The third-order valence-electron chi connectivity index (χ3n) is 2.91. The molecule has 0 amide bonds. The number of rotatable bonds is 3. The van der Waals surface area contributed by atoms with E-state index in [1.807, 2.05) is 12.1 Å². The summed E-state index contributed by atoms with van der Waals surface area (Å²) in [6.45, 7) is 6.35. The van der Waals surface area contributed by atoms with Crippen LogP contribution in [-0.4, -0.2) is 23.1 Å². The van der Waals surface area contributed by atoms with Crippen molar-refractivity contribution in [3.8, 4) is 11.8 Å². The summed E-state index contributed by atoms with van der Waals surface area (Å²) < 4.78 is 0. The van der Waals surface area contributed by atoms with Gasteiger partial charge in [-0.3, -0.25) is 0 Å². The molecule has 3 nitrogen and oxygen atoms in total. The smallest absolute Gasteiger partial charge is 0.116 e. The van der Waals surface area contributed by atoms with E-state index in [0.29, 0.717) is 0 Å². The average Bonchev–Trinajstić information content (AvgIpc) is 2.49. The van der Waals surface area contributed by atoms with E-state index >= 15 is 0 Å². The molecule has 1 heterocycles. The van der Waals surface area contributed by atoms with Gasteiger partial charge in [0.2, 0.25) is 0 Å². The molecule has 0 spiro atoms. The van der Waals surface area contributed by atoms with Gasteiger partial charge in [0.1, 0.15) is 12.0 Å². The van der Waals surface area contributed by atoms with Crippen molar-refractivity contribution in [1.82, 2.24) is 9.97 Å². The fourth-order valence-electron chi connectivity index (χ4n) is 1.85. The van der Waals surface area contributed by atoms with E-state index in [9.17, 15) is 0 Å². The Hall–Kier alpha value is -2.34. The van der Waals surface area contributed by atoms with Crippen LogP contribution in [0.3, 0.4) is 0 Å². The highest BCUT2D eigenvalue weighted by molar-refractivity contribution is 5.51. The van der Waals surface area contributed by atoms with Crippen molar-refractivity contribution in [3.63, 3.8) is 0 Å². The molecule has 0 fully saturated rings. The summed E-state index contributed by atoms with van der Waals surface area (Å²) in [5.41, 5.74) is 2.97. The molecule has 0 N–H and O–H groups in total. The van der Waals surface area contributed by atoms with Crippen LogP contribution in [0.5, 0.6) is 0 Å². The zero-order valence-electron chi connectivity index (χ0n) is 11.3. The molecule has 0 aliphatic rings. The Labute approximate surface area is 114 Å². The summed E-state index contributed by atoms with van der Waals surface area (Å²) in [6, 6.07) is 10.1. The number of hydrogen-bond acceptors (Lipinski definition) is 3. The third kappa shape index (κ3) is 3.56. The molecule has 0 saturated carbocycles. The second-order valence-corrected chi connectivity index (χ2v) is 4.06. The zero-order valence-corrected chi connectivity index (χ0v) is 11.3. The van der Waals surface area contributed by atoms with Crippen molar-refractivity contribution >= 4 is 5.69 Å². The summed E-state index contributed by atoms with van der Waals surface area (Å²) >= 11 is 0. The Morgan fingerprint density at radius 3 is 2.32 bits per heavy atom. The van der Waals surface area contributed by atoms with Crippen molar-refractivity contribution in [1.29, 1.82) is 0 Å². The second-order valence-electron chi connectivity index (χ2n) is 4.06. The molecule has 96 valence electrons. The van der Waals surface area contributed by atoms with E-state index in [0.717, 1.165) is 24.3 Å². The van der Waals surface area contributed by atoms with Crippen molar-refractivity contribution in [3.05, 3.63) is 54.1 Å². The molecule has 1 aromatic carbocycles. The largest absolute Gasteiger partial charge is 0.372 e. The van der Waals surface area contributed by atoms with Crippen LogP contribution in [0.4, 0.5) is 5.69 Å². The molecule has 0 atom stereocenters. The highest BCUT2D eigenvalue weighted by Crippen LogP contribution is 2.14. The minimum atomic E-state index is 0.739. The van der Waals surface area contributed by atoms with E-state index in [1.165, 1.54) is 12.0 Å². The molecule has 19 heavy (non-hydrogen) atoms. The standard InChI is InChI=1S/C16H17N3/c1-3-19(4-2)16-9-6-14(7-10-16)5-8-15-11-12-17-13-18-15/h6-7,9-13H,3-4H2,1-2H3. The predicted molar refractivity (Wildman–Crippen MR) is 78.0 cm³/mol. The van der Waals surface area contributed by atoms with Gasteiger partial charge in [0.15, 0.2) is 0 Å². The van der Waals surface area contributed by atoms with Crippen LogP contribution in [-0.2, 0) is 0 Å². The van der Waals surface area contributed by atoms with E-state index in [2.05, 4.69) is 52.7 Å². The van der Waals surface area contributed by atoms with Gasteiger partial charge in [-0.05, 0) is 50.1 Å². The lowest BCUT2D eigenvalue weighted by Crippen LogP contribution is -2.21. The van der Waals surface area contributed by atoms with Crippen molar-refractivity contribution in [2.45, 2.75) is 13.8 Å². The Kier molecular flexibility index (Phi) is 4.52. The summed E-state index contributed by atoms with van der Waals surface area (Å²) in [5, 5.41) is 0. The molecule has 0 aliphatic heterocycles. The first-order valence-corrected chi connectivity index (χ1v) is 6.46. The predicted octanol–water partition coefficient (Wildman–Crippen LogP) is 2.72. The maximum absolute atomic E-state index is 4.07. The molecule has 3 heteroatoms. The molecule has 0 radical (unpaired) electrons. The summed E-state index contributed by atoms with van der Waals surface area (Å²) in [7, 11) is 0. The van der Waals surface area contributed by atoms with Crippen LogP contribution in [0, 0.1) is 11.8 Å². The van der Waals surface area contributed by atoms with Gasteiger partial charge in [0, 0.05) is 30.5 Å². The van der Waals surface area contributed by atoms with Gasteiger partial charge >= 0.3 is 0 Å². The zero-order chi connectivity index (χ0) is 13.5. The third-order valence-corrected chi connectivity index (χ3v) is 2.91. The first-order valence-electron chi connectivity index (χ1n) is 6.46. The molecular weight excluding hydrogens is 234 g/mol. The maximum atomic E-state index is 4.07. The summed E-state index contributed by atoms with van der Waals surface area (Å²) in [5.74, 6) is 6.13. The minimum Gasteiger partial charge on any atom is -0.372 e.